The van der Waals surface area contributed by atoms with Crippen molar-refractivity contribution in [1.29, 1.82) is 0 Å². The quantitative estimate of drug-likeness (QED) is 0.835. The first-order valence-corrected chi connectivity index (χ1v) is 9.70. The number of oxime groups is 1. The van der Waals surface area contributed by atoms with Crippen LogP contribution in [0.2, 0.25) is 0 Å². The van der Waals surface area contributed by atoms with Gasteiger partial charge in [0.15, 0.2) is 5.60 Å². The molecule has 1 spiro atoms. The maximum Gasteiger partial charge on any atom is 0.269 e. The molecule has 1 fully saturated rings. The fraction of sp³-hybridized carbons (Fsp3) is 0.381. The van der Waals surface area contributed by atoms with E-state index in [0.717, 1.165) is 0 Å². The Morgan fingerprint density at radius 2 is 2.07 bits per heavy atom. The minimum absolute atomic E-state index is 0.116. The maximum atomic E-state index is 12.6. The van der Waals surface area contributed by atoms with Crippen molar-refractivity contribution in [3.8, 4) is 0 Å². The Labute approximate surface area is 168 Å². The van der Waals surface area contributed by atoms with E-state index in [2.05, 4.69) is 27.6 Å². The Morgan fingerprint density at radius 3 is 2.83 bits per heavy atom. The number of hydrogen-bond acceptors (Lipinski definition) is 6. The molecule has 0 aliphatic carbocycles. The number of aromatic nitrogens is 2. The van der Waals surface area contributed by atoms with Gasteiger partial charge in [0.25, 0.3) is 11.8 Å². The Balaban J connectivity index is 1.30. The van der Waals surface area contributed by atoms with E-state index in [0.29, 0.717) is 43.8 Å². The van der Waals surface area contributed by atoms with Gasteiger partial charge >= 0.3 is 0 Å². The second kappa shape index (κ2) is 7.98. The first kappa shape index (κ1) is 19.0. The van der Waals surface area contributed by atoms with Crippen LogP contribution >= 0.6 is 0 Å². The van der Waals surface area contributed by atoms with Gasteiger partial charge in [-0.2, -0.15) is 10.2 Å². The van der Waals surface area contributed by atoms with E-state index in [1.807, 2.05) is 30.3 Å². The van der Waals surface area contributed by atoms with E-state index < -0.39 is 5.60 Å². The highest BCUT2D eigenvalue weighted by Gasteiger charge is 2.48. The van der Waals surface area contributed by atoms with Crippen molar-refractivity contribution >= 4 is 17.5 Å². The molecule has 1 aromatic heterocycles. The lowest BCUT2D eigenvalue weighted by molar-refractivity contribution is -0.115. The summed E-state index contributed by atoms with van der Waals surface area (Å²) in [4.78, 5) is 32.5. The van der Waals surface area contributed by atoms with E-state index >= 15 is 0 Å². The Hall–Kier alpha value is -3.29. The van der Waals surface area contributed by atoms with Crippen molar-refractivity contribution in [1.82, 2.24) is 20.4 Å². The molecule has 1 aromatic carbocycles. The first-order valence-electron chi connectivity index (χ1n) is 9.70. The van der Waals surface area contributed by atoms with Crippen LogP contribution in [0, 0.1) is 0 Å². The van der Waals surface area contributed by atoms with E-state index in [1.54, 1.807) is 11.0 Å². The molecule has 29 heavy (non-hydrogen) atoms. The molecule has 3 heterocycles. The van der Waals surface area contributed by atoms with Gasteiger partial charge in [0.05, 0.1) is 24.5 Å². The van der Waals surface area contributed by atoms with Crippen molar-refractivity contribution in [2.24, 2.45) is 5.16 Å². The zero-order chi connectivity index (χ0) is 20.3. The van der Waals surface area contributed by atoms with Gasteiger partial charge in [-0.15, -0.1) is 0 Å². The van der Waals surface area contributed by atoms with Crippen LogP contribution in [0.25, 0.3) is 0 Å². The fourth-order valence-electron chi connectivity index (χ4n) is 3.73. The van der Waals surface area contributed by atoms with Gasteiger partial charge in [0.2, 0.25) is 0 Å². The number of nitrogens with zero attached hydrogens (tertiary/aromatic N) is 4. The Morgan fingerprint density at radius 1 is 1.24 bits per heavy atom. The van der Waals surface area contributed by atoms with Crippen molar-refractivity contribution in [2.75, 3.05) is 19.6 Å². The zero-order valence-corrected chi connectivity index (χ0v) is 16.2. The molecule has 2 atom stereocenters. The van der Waals surface area contributed by atoms with Crippen molar-refractivity contribution in [3.63, 3.8) is 0 Å². The zero-order valence-electron chi connectivity index (χ0n) is 16.2. The van der Waals surface area contributed by atoms with Crippen LogP contribution in [0.1, 0.15) is 41.6 Å². The molecule has 1 saturated heterocycles. The normalized spacial score (nSPS) is 21.6. The number of carbonyl (C=O) groups excluding carboxylic acids is 2. The summed E-state index contributed by atoms with van der Waals surface area (Å²) in [7, 11) is 0. The smallest absolute Gasteiger partial charge is 0.269 e. The molecule has 2 aliphatic heterocycles. The number of hydrogen-bond donors (Lipinski definition) is 1. The summed E-state index contributed by atoms with van der Waals surface area (Å²) in [6, 6.07) is 11.7. The Bertz CT molecular complexity index is 918. The molecule has 0 bridgehead atoms. The standard InChI is InChI=1S/C21H23N5O3/c1-15(16-5-3-2-4-6-16)12-22-19(27)18-11-21(29-25-18)8-10-26(14-21)20(28)17-7-9-23-24-13-17/h2-7,9,13,15H,8,10-12,14H2,1H3,(H,22,27)/t15-,21+/m0/s1. The molecule has 2 aliphatic rings. The van der Waals surface area contributed by atoms with Crippen LogP contribution in [0.15, 0.2) is 53.9 Å². The third kappa shape index (κ3) is 4.11. The van der Waals surface area contributed by atoms with Crippen molar-refractivity contribution < 1.29 is 14.4 Å². The molecule has 1 N–H and O–H groups in total. The van der Waals surface area contributed by atoms with E-state index in [4.69, 9.17) is 4.84 Å². The summed E-state index contributed by atoms with van der Waals surface area (Å²) in [6.45, 7) is 3.54. The SMILES string of the molecule is C[C@@H](CNC(=O)C1=NO[C@]2(CCN(C(=O)c3ccnnc3)C2)C1)c1ccccc1. The third-order valence-electron chi connectivity index (χ3n) is 5.47. The number of rotatable bonds is 5. The van der Waals surface area contributed by atoms with E-state index in [1.165, 1.54) is 18.0 Å². The van der Waals surface area contributed by atoms with E-state index in [9.17, 15) is 9.59 Å². The average molecular weight is 393 g/mol. The lowest BCUT2D eigenvalue weighted by Crippen LogP contribution is -2.39. The molecule has 8 nitrogen and oxygen atoms in total. The molecule has 4 rings (SSSR count). The summed E-state index contributed by atoms with van der Waals surface area (Å²) in [5.41, 5.74) is 1.42. The van der Waals surface area contributed by atoms with Crippen LogP contribution in [-0.2, 0) is 9.63 Å². The largest absolute Gasteiger partial charge is 0.386 e. The highest BCUT2D eigenvalue weighted by atomic mass is 16.7. The van der Waals surface area contributed by atoms with E-state index in [-0.39, 0.29) is 17.7 Å². The molecule has 150 valence electrons. The van der Waals surface area contributed by atoms with Gasteiger partial charge in [-0.1, -0.05) is 42.4 Å². The third-order valence-corrected chi connectivity index (χ3v) is 5.47. The molecule has 8 heteroatoms. The molecular weight excluding hydrogens is 370 g/mol. The van der Waals surface area contributed by atoms with Crippen LogP contribution in [0.5, 0.6) is 0 Å². The van der Waals surface area contributed by atoms with Crippen LogP contribution in [0.4, 0.5) is 0 Å². The molecular formula is C21H23N5O3. The summed E-state index contributed by atoms with van der Waals surface area (Å²) >= 11 is 0. The highest BCUT2D eigenvalue weighted by Crippen LogP contribution is 2.34. The summed E-state index contributed by atoms with van der Waals surface area (Å²) in [5.74, 6) is -0.131. The minimum Gasteiger partial charge on any atom is -0.386 e. The summed E-state index contributed by atoms with van der Waals surface area (Å²) < 4.78 is 0. The molecule has 0 saturated carbocycles. The summed E-state index contributed by atoms with van der Waals surface area (Å²) in [5, 5.41) is 14.4. The van der Waals surface area contributed by atoms with Gasteiger partial charge in [-0.3, -0.25) is 9.59 Å². The number of likely N-dealkylation sites (tertiary alicyclic amines) is 1. The predicted molar refractivity (Wildman–Crippen MR) is 106 cm³/mol. The van der Waals surface area contributed by atoms with Gasteiger partial charge in [0.1, 0.15) is 5.71 Å². The van der Waals surface area contributed by atoms with Gasteiger partial charge in [0, 0.05) is 25.9 Å². The lowest BCUT2D eigenvalue weighted by atomic mass is 9.96. The van der Waals surface area contributed by atoms with Crippen LogP contribution < -0.4 is 5.32 Å². The van der Waals surface area contributed by atoms with Crippen molar-refractivity contribution in [3.05, 3.63) is 59.9 Å². The molecule has 0 unspecified atom stereocenters. The molecule has 2 aromatic rings. The van der Waals surface area contributed by atoms with Crippen molar-refractivity contribution in [2.45, 2.75) is 31.3 Å². The number of nitrogens with one attached hydrogen (secondary N) is 1. The first-order chi connectivity index (χ1) is 14.1. The molecule has 0 radical (unpaired) electrons. The minimum atomic E-state index is -0.617. The average Bonchev–Trinajstić information content (AvgIpc) is 3.39. The summed E-state index contributed by atoms with van der Waals surface area (Å²) in [6.07, 6.45) is 3.98. The predicted octanol–water partition coefficient (Wildman–Crippen LogP) is 1.76. The van der Waals surface area contributed by atoms with Crippen LogP contribution in [-0.4, -0.2) is 57.9 Å². The fourth-order valence-corrected chi connectivity index (χ4v) is 3.73. The second-order valence-corrected chi connectivity index (χ2v) is 7.62. The lowest BCUT2D eigenvalue weighted by Gasteiger charge is -2.21. The maximum absolute atomic E-state index is 12.6. The Kier molecular flexibility index (Phi) is 5.24. The highest BCUT2D eigenvalue weighted by molar-refractivity contribution is 6.39. The van der Waals surface area contributed by atoms with Gasteiger partial charge < -0.3 is 15.1 Å². The number of carbonyl (C=O) groups is 2. The topological polar surface area (TPSA) is 96.8 Å². The van der Waals surface area contributed by atoms with Crippen LogP contribution in [0.3, 0.4) is 0 Å². The molecule has 2 amide bonds. The number of benzene rings is 1. The van der Waals surface area contributed by atoms with Gasteiger partial charge in [-0.05, 0) is 17.5 Å². The second-order valence-electron chi connectivity index (χ2n) is 7.62. The monoisotopic (exact) mass is 393 g/mol. The number of amides is 2. The van der Waals surface area contributed by atoms with Gasteiger partial charge in [-0.25, -0.2) is 0 Å².